The van der Waals surface area contributed by atoms with Crippen LogP contribution in [0.1, 0.15) is 36.3 Å². The molecule has 0 amide bonds. The van der Waals surface area contributed by atoms with Crippen molar-refractivity contribution in [2.24, 2.45) is 0 Å². The van der Waals surface area contributed by atoms with E-state index in [1.807, 2.05) is 0 Å². The second kappa shape index (κ2) is 6.59. The first kappa shape index (κ1) is 15.3. The van der Waals surface area contributed by atoms with Gasteiger partial charge in [0.05, 0.1) is 12.2 Å². The van der Waals surface area contributed by atoms with Crippen molar-refractivity contribution < 1.29 is 18.3 Å². The molecule has 1 heterocycles. The lowest BCUT2D eigenvalue weighted by molar-refractivity contribution is -0.137. The molecule has 1 unspecified atom stereocenters. The molecule has 0 bridgehead atoms. The molecule has 0 spiro atoms. The highest BCUT2D eigenvalue weighted by Gasteiger charge is 2.30. The van der Waals surface area contributed by atoms with Crippen molar-refractivity contribution in [2.45, 2.75) is 31.4 Å². The number of rotatable bonds is 4. The predicted molar refractivity (Wildman–Crippen MR) is 71.6 cm³/mol. The lowest BCUT2D eigenvalue weighted by atomic mass is 9.97. The molecule has 2 rings (SSSR count). The van der Waals surface area contributed by atoms with E-state index in [1.165, 1.54) is 18.6 Å². The van der Waals surface area contributed by atoms with E-state index in [0.717, 1.165) is 43.6 Å². The van der Waals surface area contributed by atoms with Crippen LogP contribution in [-0.2, 0) is 6.18 Å². The summed E-state index contributed by atoms with van der Waals surface area (Å²) in [7, 11) is 0. The Kier molecular flexibility index (Phi) is 5.05. The van der Waals surface area contributed by atoms with Gasteiger partial charge in [0.15, 0.2) is 0 Å². The third-order valence-corrected chi connectivity index (χ3v) is 3.86. The first-order chi connectivity index (χ1) is 9.50. The van der Waals surface area contributed by atoms with Gasteiger partial charge in [0.1, 0.15) is 0 Å². The molecule has 1 aliphatic heterocycles. The van der Waals surface area contributed by atoms with Gasteiger partial charge in [0.25, 0.3) is 0 Å². The van der Waals surface area contributed by atoms with Gasteiger partial charge < -0.3 is 10.0 Å². The molecule has 1 aromatic rings. The Morgan fingerprint density at radius 1 is 1.05 bits per heavy atom. The molecule has 20 heavy (non-hydrogen) atoms. The van der Waals surface area contributed by atoms with Crippen LogP contribution >= 0.6 is 0 Å². The number of hydrogen-bond donors (Lipinski definition) is 1. The molecule has 112 valence electrons. The quantitative estimate of drug-likeness (QED) is 0.918. The topological polar surface area (TPSA) is 23.5 Å². The molecular weight excluding hydrogens is 267 g/mol. The fraction of sp³-hybridized carbons (Fsp3) is 0.600. The highest BCUT2D eigenvalue weighted by Crippen LogP contribution is 2.30. The second-order valence-electron chi connectivity index (χ2n) is 5.36. The van der Waals surface area contributed by atoms with E-state index in [-0.39, 0.29) is 12.5 Å². The van der Waals surface area contributed by atoms with Gasteiger partial charge in [-0.05, 0) is 43.6 Å². The van der Waals surface area contributed by atoms with E-state index in [2.05, 4.69) is 4.90 Å². The van der Waals surface area contributed by atoms with Crippen molar-refractivity contribution in [1.82, 2.24) is 4.90 Å². The number of likely N-dealkylation sites (tertiary alicyclic amines) is 1. The third kappa shape index (κ3) is 3.96. The van der Waals surface area contributed by atoms with Crippen LogP contribution in [0.5, 0.6) is 0 Å². The molecule has 1 atom stereocenters. The maximum Gasteiger partial charge on any atom is 0.416 e. The summed E-state index contributed by atoms with van der Waals surface area (Å²) < 4.78 is 37.6. The monoisotopic (exact) mass is 287 g/mol. The smallest absolute Gasteiger partial charge is 0.396 e. The molecule has 1 fully saturated rings. The van der Waals surface area contributed by atoms with Gasteiger partial charge in [0, 0.05) is 12.5 Å². The summed E-state index contributed by atoms with van der Waals surface area (Å²) in [6.07, 6.45) is -0.753. The summed E-state index contributed by atoms with van der Waals surface area (Å²) in [5, 5.41) is 9.49. The summed E-state index contributed by atoms with van der Waals surface area (Å²) in [5.41, 5.74) is 0.127. The van der Waals surface area contributed by atoms with Gasteiger partial charge in [0.2, 0.25) is 0 Å². The number of piperidine rings is 1. The molecule has 0 radical (unpaired) electrons. The largest absolute Gasteiger partial charge is 0.416 e. The number of hydrogen-bond acceptors (Lipinski definition) is 2. The van der Waals surface area contributed by atoms with E-state index in [4.69, 9.17) is 0 Å². The van der Waals surface area contributed by atoms with Crippen LogP contribution in [0.2, 0.25) is 0 Å². The van der Waals surface area contributed by atoms with Crippen molar-refractivity contribution in [3.8, 4) is 0 Å². The van der Waals surface area contributed by atoms with E-state index < -0.39 is 11.7 Å². The second-order valence-corrected chi connectivity index (χ2v) is 5.36. The van der Waals surface area contributed by atoms with Crippen molar-refractivity contribution in [1.29, 1.82) is 0 Å². The van der Waals surface area contributed by atoms with Crippen molar-refractivity contribution >= 4 is 0 Å². The van der Waals surface area contributed by atoms with Gasteiger partial charge >= 0.3 is 6.18 Å². The Balaban J connectivity index is 2.03. The minimum absolute atomic E-state index is 0.0398. The predicted octanol–water partition coefficient (Wildman–Crippen LogP) is 3.27. The summed E-state index contributed by atoms with van der Waals surface area (Å²) in [4.78, 5) is 2.28. The minimum atomic E-state index is -4.31. The van der Waals surface area contributed by atoms with E-state index in [0.29, 0.717) is 6.54 Å². The molecule has 0 saturated carbocycles. The SMILES string of the molecule is OCC(CN1CCCCC1)c1ccc(C(F)(F)F)cc1. The third-order valence-electron chi connectivity index (χ3n) is 3.86. The lowest BCUT2D eigenvalue weighted by Crippen LogP contribution is -2.34. The zero-order valence-corrected chi connectivity index (χ0v) is 11.4. The Morgan fingerprint density at radius 2 is 1.65 bits per heavy atom. The standard InChI is InChI=1S/C15H20F3NO/c16-15(17,18)14-6-4-12(5-7-14)13(11-20)10-19-8-2-1-3-9-19/h4-7,13,20H,1-3,8-11H2. The van der Waals surface area contributed by atoms with Crippen molar-refractivity contribution in [2.75, 3.05) is 26.2 Å². The number of alkyl halides is 3. The van der Waals surface area contributed by atoms with E-state index >= 15 is 0 Å². The Morgan fingerprint density at radius 3 is 2.15 bits per heavy atom. The van der Waals surface area contributed by atoms with Gasteiger partial charge in [-0.15, -0.1) is 0 Å². The van der Waals surface area contributed by atoms with E-state index in [1.54, 1.807) is 0 Å². The first-order valence-electron chi connectivity index (χ1n) is 7.01. The van der Waals surface area contributed by atoms with Crippen LogP contribution in [0.4, 0.5) is 13.2 Å². The molecular formula is C15H20F3NO. The maximum atomic E-state index is 12.5. The normalized spacial score (nSPS) is 19.0. The fourth-order valence-electron chi connectivity index (χ4n) is 2.67. The molecule has 0 aliphatic carbocycles. The molecule has 1 N–H and O–H groups in total. The summed E-state index contributed by atoms with van der Waals surface area (Å²) in [6.45, 7) is 2.69. The van der Waals surface area contributed by atoms with E-state index in [9.17, 15) is 18.3 Å². The summed E-state index contributed by atoms with van der Waals surface area (Å²) in [5.74, 6) is -0.115. The molecule has 0 aromatic heterocycles. The first-order valence-corrected chi connectivity index (χ1v) is 7.01. The Hall–Kier alpha value is -1.07. The molecule has 2 nitrogen and oxygen atoms in total. The van der Waals surface area contributed by atoms with Crippen molar-refractivity contribution in [3.05, 3.63) is 35.4 Å². The summed E-state index contributed by atoms with van der Waals surface area (Å²) >= 11 is 0. The molecule has 5 heteroatoms. The zero-order valence-electron chi connectivity index (χ0n) is 11.4. The highest BCUT2D eigenvalue weighted by molar-refractivity contribution is 5.27. The molecule has 1 saturated heterocycles. The molecule has 1 aliphatic rings. The Labute approximate surface area is 117 Å². The lowest BCUT2D eigenvalue weighted by Gasteiger charge is -2.30. The zero-order chi connectivity index (χ0) is 14.6. The Bertz CT molecular complexity index is 410. The van der Waals surface area contributed by atoms with Crippen LogP contribution in [0, 0.1) is 0 Å². The van der Waals surface area contributed by atoms with Crippen LogP contribution in [0.15, 0.2) is 24.3 Å². The maximum absolute atomic E-state index is 12.5. The van der Waals surface area contributed by atoms with Crippen LogP contribution in [0.3, 0.4) is 0 Å². The highest BCUT2D eigenvalue weighted by atomic mass is 19.4. The summed E-state index contributed by atoms with van der Waals surface area (Å²) in [6, 6.07) is 5.14. The number of aliphatic hydroxyl groups excluding tert-OH is 1. The van der Waals surface area contributed by atoms with Crippen molar-refractivity contribution in [3.63, 3.8) is 0 Å². The van der Waals surface area contributed by atoms with Gasteiger partial charge in [-0.2, -0.15) is 13.2 Å². The number of aliphatic hydroxyl groups is 1. The van der Waals surface area contributed by atoms with Crippen LogP contribution in [-0.4, -0.2) is 36.2 Å². The average molecular weight is 287 g/mol. The van der Waals surface area contributed by atoms with Crippen LogP contribution < -0.4 is 0 Å². The number of benzene rings is 1. The van der Waals surface area contributed by atoms with Gasteiger partial charge in [-0.1, -0.05) is 18.6 Å². The van der Waals surface area contributed by atoms with Gasteiger partial charge in [-0.3, -0.25) is 0 Å². The minimum Gasteiger partial charge on any atom is -0.396 e. The number of nitrogens with zero attached hydrogens (tertiary/aromatic N) is 1. The van der Waals surface area contributed by atoms with Crippen LogP contribution in [0.25, 0.3) is 0 Å². The fourth-order valence-corrected chi connectivity index (χ4v) is 2.67. The van der Waals surface area contributed by atoms with Gasteiger partial charge in [-0.25, -0.2) is 0 Å². The molecule has 1 aromatic carbocycles. The number of halogens is 3. The average Bonchev–Trinajstić information content (AvgIpc) is 2.45.